The summed E-state index contributed by atoms with van der Waals surface area (Å²) in [5.74, 6) is 1.97. The number of benzene rings is 2. The van der Waals surface area contributed by atoms with Gasteiger partial charge in [0.1, 0.15) is 11.5 Å². The van der Waals surface area contributed by atoms with Gasteiger partial charge in [-0.25, -0.2) is 4.98 Å². The lowest BCUT2D eigenvalue weighted by Gasteiger charge is -2.22. The van der Waals surface area contributed by atoms with Crippen LogP contribution in [0.5, 0.6) is 17.4 Å². The van der Waals surface area contributed by atoms with Crippen molar-refractivity contribution in [1.82, 2.24) is 9.88 Å². The molecule has 0 aliphatic carbocycles. The topological polar surface area (TPSA) is 60.9 Å². The quantitative estimate of drug-likeness (QED) is 0.695. The summed E-state index contributed by atoms with van der Waals surface area (Å²) in [4.78, 5) is 19.3. The predicted octanol–water partition coefficient (Wildman–Crippen LogP) is 3.56. The first-order chi connectivity index (χ1) is 13.6. The summed E-state index contributed by atoms with van der Waals surface area (Å²) in [5, 5.41) is 0.981. The van der Waals surface area contributed by atoms with Crippen LogP contribution in [-0.4, -0.2) is 36.1 Å². The van der Waals surface area contributed by atoms with Gasteiger partial charge < -0.3 is 19.1 Å². The normalized spacial score (nSPS) is 16.3. The SMILES string of the molecule is COc1ccc(CN2Cc3cc4ccc(OC)cc4nc3OC(C)C2=O)cc1. The number of rotatable bonds is 4. The molecule has 0 saturated heterocycles. The highest BCUT2D eigenvalue weighted by Gasteiger charge is 2.29. The Labute approximate surface area is 163 Å². The average molecular weight is 378 g/mol. The van der Waals surface area contributed by atoms with E-state index >= 15 is 0 Å². The summed E-state index contributed by atoms with van der Waals surface area (Å²) in [7, 11) is 3.26. The molecular weight excluding hydrogens is 356 g/mol. The first kappa shape index (κ1) is 18.1. The van der Waals surface area contributed by atoms with Crippen LogP contribution in [-0.2, 0) is 17.9 Å². The highest BCUT2D eigenvalue weighted by Crippen LogP contribution is 2.30. The summed E-state index contributed by atoms with van der Waals surface area (Å²) < 4.78 is 16.4. The third-order valence-corrected chi connectivity index (χ3v) is 4.91. The Hall–Kier alpha value is -3.28. The van der Waals surface area contributed by atoms with Gasteiger partial charge >= 0.3 is 0 Å². The van der Waals surface area contributed by atoms with Gasteiger partial charge in [-0.1, -0.05) is 12.1 Å². The lowest BCUT2D eigenvalue weighted by molar-refractivity contribution is -0.138. The van der Waals surface area contributed by atoms with E-state index in [1.165, 1.54) is 0 Å². The molecule has 0 fully saturated rings. The second-order valence-electron chi connectivity index (χ2n) is 6.81. The summed E-state index contributed by atoms with van der Waals surface area (Å²) in [6.45, 7) is 2.70. The van der Waals surface area contributed by atoms with Gasteiger partial charge in [0.25, 0.3) is 5.91 Å². The molecule has 4 rings (SSSR count). The summed E-state index contributed by atoms with van der Waals surface area (Å²) in [6.07, 6.45) is -0.602. The number of aromatic nitrogens is 1. The van der Waals surface area contributed by atoms with Crippen LogP contribution in [0.2, 0.25) is 0 Å². The Balaban J connectivity index is 1.67. The van der Waals surface area contributed by atoms with Crippen LogP contribution in [0.25, 0.3) is 10.9 Å². The monoisotopic (exact) mass is 378 g/mol. The van der Waals surface area contributed by atoms with E-state index in [0.717, 1.165) is 33.5 Å². The molecule has 1 unspecified atom stereocenters. The number of nitrogens with zero attached hydrogens (tertiary/aromatic N) is 2. The van der Waals surface area contributed by atoms with Gasteiger partial charge in [-0.05, 0) is 42.8 Å². The van der Waals surface area contributed by atoms with Crippen molar-refractivity contribution in [1.29, 1.82) is 0 Å². The van der Waals surface area contributed by atoms with Crippen molar-refractivity contribution in [2.45, 2.75) is 26.1 Å². The smallest absolute Gasteiger partial charge is 0.264 e. The first-order valence-electron chi connectivity index (χ1n) is 9.13. The van der Waals surface area contributed by atoms with Crippen molar-refractivity contribution in [2.75, 3.05) is 14.2 Å². The Morgan fingerprint density at radius 1 is 1.07 bits per heavy atom. The largest absolute Gasteiger partial charge is 0.497 e. The zero-order valence-electron chi connectivity index (χ0n) is 16.1. The van der Waals surface area contributed by atoms with Crippen molar-refractivity contribution in [3.05, 3.63) is 59.7 Å². The number of amides is 1. The van der Waals surface area contributed by atoms with E-state index in [9.17, 15) is 4.79 Å². The maximum absolute atomic E-state index is 12.9. The Morgan fingerprint density at radius 3 is 2.50 bits per heavy atom. The third-order valence-electron chi connectivity index (χ3n) is 4.91. The van der Waals surface area contributed by atoms with Gasteiger partial charge in [-0.3, -0.25) is 4.79 Å². The van der Waals surface area contributed by atoms with Gasteiger partial charge in [0, 0.05) is 23.6 Å². The molecule has 0 saturated carbocycles. The molecule has 0 radical (unpaired) electrons. The number of fused-ring (bicyclic) bond motifs is 2. The van der Waals surface area contributed by atoms with Crippen LogP contribution in [0.15, 0.2) is 48.5 Å². The number of hydrogen-bond donors (Lipinski definition) is 0. The molecule has 1 aliphatic rings. The minimum absolute atomic E-state index is 0.0598. The zero-order chi connectivity index (χ0) is 19.7. The van der Waals surface area contributed by atoms with Crippen LogP contribution >= 0.6 is 0 Å². The highest BCUT2D eigenvalue weighted by atomic mass is 16.5. The van der Waals surface area contributed by atoms with E-state index in [2.05, 4.69) is 4.98 Å². The molecule has 0 bridgehead atoms. The Kier molecular flexibility index (Phi) is 4.77. The van der Waals surface area contributed by atoms with Gasteiger partial charge in [-0.2, -0.15) is 0 Å². The molecule has 1 aromatic heterocycles. The highest BCUT2D eigenvalue weighted by molar-refractivity contribution is 5.84. The molecule has 1 atom stereocenters. The molecular formula is C22H22N2O4. The molecule has 1 aliphatic heterocycles. The molecule has 0 spiro atoms. The van der Waals surface area contributed by atoms with Crippen LogP contribution in [0.3, 0.4) is 0 Å². The fourth-order valence-corrected chi connectivity index (χ4v) is 3.36. The van der Waals surface area contributed by atoms with E-state index in [4.69, 9.17) is 14.2 Å². The maximum Gasteiger partial charge on any atom is 0.264 e. The summed E-state index contributed by atoms with van der Waals surface area (Å²) in [5.41, 5.74) is 2.70. The summed E-state index contributed by atoms with van der Waals surface area (Å²) in [6, 6.07) is 15.5. The fourth-order valence-electron chi connectivity index (χ4n) is 3.36. The zero-order valence-corrected chi connectivity index (χ0v) is 16.1. The molecule has 3 aromatic rings. The second-order valence-corrected chi connectivity index (χ2v) is 6.81. The molecule has 2 heterocycles. The number of pyridine rings is 1. The Bertz CT molecular complexity index is 1020. The van der Waals surface area contributed by atoms with Crippen LogP contribution in [0.1, 0.15) is 18.1 Å². The molecule has 2 aromatic carbocycles. The predicted molar refractivity (Wildman–Crippen MR) is 106 cm³/mol. The van der Waals surface area contributed by atoms with E-state index in [0.29, 0.717) is 19.0 Å². The second kappa shape index (κ2) is 7.38. The van der Waals surface area contributed by atoms with E-state index in [1.807, 2.05) is 48.5 Å². The lowest BCUT2D eigenvalue weighted by atomic mass is 10.1. The molecule has 6 nitrogen and oxygen atoms in total. The molecule has 144 valence electrons. The minimum Gasteiger partial charge on any atom is -0.497 e. The summed E-state index contributed by atoms with van der Waals surface area (Å²) >= 11 is 0. The van der Waals surface area contributed by atoms with E-state index in [1.54, 1.807) is 26.0 Å². The minimum atomic E-state index is -0.602. The molecule has 6 heteroatoms. The van der Waals surface area contributed by atoms with Crippen molar-refractivity contribution in [2.24, 2.45) is 0 Å². The Morgan fingerprint density at radius 2 is 1.79 bits per heavy atom. The van der Waals surface area contributed by atoms with Crippen LogP contribution in [0, 0.1) is 0 Å². The van der Waals surface area contributed by atoms with Crippen molar-refractivity contribution in [3.63, 3.8) is 0 Å². The number of methoxy groups -OCH3 is 2. The van der Waals surface area contributed by atoms with Crippen molar-refractivity contribution < 1.29 is 19.0 Å². The maximum atomic E-state index is 12.9. The number of hydrogen-bond acceptors (Lipinski definition) is 5. The van der Waals surface area contributed by atoms with E-state index in [-0.39, 0.29) is 5.91 Å². The average Bonchev–Trinajstić information content (AvgIpc) is 2.83. The number of ether oxygens (including phenoxy) is 3. The first-order valence-corrected chi connectivity index (χ1v) is 9.13. The van der Waals surface area contributed by atoms with Gasteiger partial charge in [0.15, 0.2) is 6.10 Å². The molecule has 28 heavy (non-hydrogen) atoms. The molecule has 0 N–H and O–H groups in total. The van der Waals surface area contributed by atoms with Gasteiger partial charge in [0.05, 0.1) is 26.3 Å². The van der Waals surface area contributed by atoms with Gasteiger partial charge in [0.2, 0.25) is 5.88 Å². The van der Waals surface area contributed by atoms with E-state index < -0.39 is 6.10 Å². The molecule has 1 amide bonds. The lowest BCUT2D eigenvalue weighted by Crippen LogP contribution is -2.37. The number of carbonyl (C=O) groups excluding carboxylic acids is 1. The van der Waals surface area contributed by atoms with Crippen LogP contribution < -0.4 is 14.2 Å². The van der Waals surface area contributed by atoms with Crippen LogP contribution in [0.4, 0.5) is 0 Å². The number of carbonyl (C=O) groups is 1. The van der Waals surface area contributed by atoms with Crippen molar-refractivity contribution in [3.8, 4) is 17.4 Å². The van der Waals surface area contributed by atoms with Crippen molar-refractivity contribution >= 4 is 16.8 Å². The standard InChI is InChI=1S/C22H22N2O4/c1-14-22(25)24(12-15-4-7-18(26-2)8-5-15)13-17-10-16-6-9-19(27-3)11-20(16)23-21(17)28-14/h4-11,14H,12-13H2,1-3H3. The van der Waals surface area contributed by atoms with Gasteiger partial charge in [-0.15, -0.1) is 0 Å². The fraction of sp³-hybridized carbons (Fsp3) is 0.273. The third kappa shape index (κ3) is 3.45.